The van der Waals surface area contributed by atoms with Crippen LogP contribution in [0.1, 0.15) is 32.3 Å². The van der Waals surface area contributed by atoms with Crippen LogP contribution in [-0.4, -0.2) is 75.2 Å². The van der Waals surface area contributed by atoms with Gasteiger partial charge in [0.2, 0.25) is 11.9 Å². The number of amides is 2. The number of rotatable bonds is 9. The van der Waals surface area contributed by atoms with Crippen molar-refractivity contribution in [2.75, 3.05) is 36.5 Å². The van der Waals surface area contributed by atoms with Crippen LogP contribution in [0.25, 0.3) is 0 Å². The molecule has 1 unspecified atom stereocenters. The van der Waals surface area contributed by atoms with Crippen LogP contribution in [0, 0.1) is 5.92 Å². The van der Waals surface area contributed by atoms with Crippen LogP contribution >= 0.6 is 0 Å². The summed E-state index contributed by atoms with van der Waals surface area (Å²) in [6.45, 7) is 9.83. The molecule has 0 saturated carbocycles. The molecule has 0 aliphatic carbocycles. The minimum atomic E-state index is -0.386. The molecule has 2 aromatic rings. The summed E-state index contributed by atoms with van der Waals surface area (Å²) >= 11 is 0. The highest BCUT2D eigenvalue weighted by atomic mass is 16.6. The quantitative estimate of drug-likeness (QED) is 0.538. The Kier molecular flexibility index (Phi) is 7.74. The maximum absolute atomic E-state index is 12.2. The fraction of sp³-hybridized carbons (Fsp3) is 0.500. The molecule has 2 saturated heterocycles. The molecule has 2 fully saturated rings. The Morgan fingerprint density at radius 3 is 2.71 bits per heavy atom. The molecular weight excluding hydrogens is 450 g/mol. The van der Waals surface area contributed by atoms with Crippen LogP contribution in [0.2, 0.25) is 0 Å². The molecule has 0 aromatic carbocycles. The standard InChI is InChI=1S/C24H31N7O4/c1-4-21(32)30-11-7-18(8-12-30)35-23-27-13-17(14-28-23)5-9-25-22-26-10-6-20(29-22)31-19(16(2)3)15-34-24(31)33/h4,6,10,13-14,16,18-19H,1,5,7-9,11-12,15H2,2-3H3,(H,25,26,29). The lowest BCUT2D eigenvalue weighted by atomic mass is 10.0. The molecule has 4 rings (SSSR count). The van der Waals surface area contributed by atoms with Crippen molar-refractivity contribution in [3.8, 4) is 6.01 Å². The minimum absolute atomic E-state index is 0.0102. The lowest BCUT2D eigenvalue weighted by Crippen LogP contribution is -2.41. The van der Waals surface area contributed by atoms with E-state index < -0.39 is 0 Å². The van der Waals surface area contributed by atoms with Gasteiger partial charge in [0, 0.05) is 51.1 Å². The number of anilines is 2. The summed E-state index contributed by atoms with van der Waals surface area (Å²) in [6.07, 6.45) is 8.19. The second-order valence-corrected chi connectivity index (χ2v) is 8.89. The van der Waals surface area contributed by atoms with Crippen LogP contribution in [0.4, 0.5) is 16.6 Å². The van der Waals surface area contributed by atoms with Gasteiger partial charge in [0.1, 0.15) is 18.5 Å². The first-order valence-electron chi connectivity index (χ1n) is 11.9. The van der Waals surface area contributed by atoms with Gasteiger partial charge in [-0.3, -0.25) is 9.69 Å². The van der Waals surface area contributed by atoms with E-state index in [1.165, 1.54) is 6.08 Å². The predicted octanol–water partition coefficient (Wildman–Crippen LogP) is 2.46. The Labute approximate surface area is 204 Å². The number of cyclic esters (lactones) is 1. The second-order valence-electron chi connectivity index (χ2n) is 8.89. The van der Waals surface area contributed by atoms with Crippen molar-refractivity contribution in [1.29, 1.82) is 0 Å². The monoisotopic (exact) mass is 481 g/mol. The summed E-state index contributed by atoms with van der Waals surface area (Å²) in [5, 5.41) is 3.19. The summed E-state index contributed by atoms with van der Waals surface area (Å²) < 4.78 is 11.1. The number of piperidine rings is 1. The van der Waals surface area contributed by atoms with E-state index in [1.807, 2.05) is 13.8 Å². The Bertz CT molecular complexity index is 1040. The maximum atomic E-state index is 12.2. The molecular formula is C24H31N7O4. The molecule has 1 N–H and O–H groups in total. The van der Waals surface area contributed by atoms with Crippen LogP contribution < -0.4 is 15.0 Å². The number of hydrogen-bond donors (Lipinski definition) is 1. The number of carbonyl (C=O) groups excluding carboxylic acids is 2. The first kappa shape index (κ1) is 24.4. The van der Waals surface area contributed by atoms with Crippen molar-refractivity contribution in [3.05, 3.63) is 42.9 Å². The third-order valence-electron chi connectivity index (χ3n) is 6.14. The fourth-order valence-corrected chi connectivity index (χ4v) is 4.08. The Hall–Kier alpha value is -3.76. The molecule has 0 spiro atoms. The van der Waals surface area contributed by atoms with Gasteiger partial charge in [-0.15, -0.1) is 0 Å². The number of likely N-dealkylation sites (tertiary alicyclic amines) is 1. The van der Waals surface area contributed by atoms with Gasteiger partial charge in [-0.1, -0.05) is 20.4 Å². The van der Waals surface area contributed by atoms with Gasteiger partial charge in [0.05, 0.1) is 6.04 Å². The van der Waals surface area contributed by atoms with Crippen molar-refractivity contribution in [2.24, 2.45) is 5.92 Å². The molecule has 186 valence electrons. The maximum Gasteiger partial charge on any atom is 0.415 e. The van der Waals surface area contributed by atoms with Gasteiger partial charge in [-0.25, -0.2) is 19.7 Å². The molecule has 11 heteroatoms. The lowest BCUT2D eigenvalue weighted by Gasteiger charge is -2.30. The topological polar surface area (TPSA) is 123 Å². The van der Waals surface area contributed by atoms with Gasteiger partial charge in [-0.2, -0.15) is 4.98 Å². The van der Waals surface area contributed by atoms with Crippen molar-refractivity contribution in [3.63, 3.8) is 0 Å². The van der Waals surface area contributed by atoms with Crippen molar-refractivity contribution in [2.45, 2.75) is 45.3 Å². The van der Waals surface area contributed by atoms with Crippen molar-refractivity contribution >= 4 is 23.8 Å². The smallest absolute Gasteiger partial charge is 0.415 e. The van der Waals surface area contributed by atoms with Crippen LogP contribution in [0.5, 0.6) is 6.01 Å². The first-order valence-corrected chi connectivity index (χ1v) is 11.9. The molecule has 2 aliphatic heterocycles. The van der Waals surface area contributed by atoms with E-state index in [0.29, 0.717) is 50.4 Å². The molecule has 11 nitrogen and oxygen atoms in total. The minimum Gasteiger partial charge on any atom is -0.460 e. The van der Waals surface area contributed by atoms with E-state index in [0.717, 1.165) is 18.4 Å². The van der Waals surface area contributed by atoms with Crippen LogP contribution in [0.15, 0.2) is 37.3 Å². The summed E-state index contributed by atoms with van der Waals surface area (Å²) in [7, 11) is 0. The predicted molar refractivity (Wildman–Crippen MR) is 129 cm³/mol. The first-order chi connectivity index (χ1) is 16.9. The molecule has 2 aliphatic rings. The molecule has 1 atom stereocenters. The van der Waals surface area contributed by atoms with Crippen LogP contribution in [0.3, 0.4) is 0 Å². The Morgan fingerprint density at radius 1 is 1.29 bits per heavy atom. The zero-order chi connectivity index (χ0) is 24.8. The number of carbonyl (C=O) groups is 2. The van der Waals surface area contributed by atoms with Crippen LogP contribution in [-0.2, 0) is 16.0 Å². The van der Waals surface area contributed by atoms with Gasteiger partial charge in [0.15, 0.2) is 0 Å². The molecule has 4 heterocycles. The molecule has 0 radical (unpaired) electrons. The highest BCUT2D eigenvalue weighted by Gasteiger charge is 2.37. The highest BCUT2D eigenvalue weighted by Crippen LogP contribution is 2.25. The average Bonchev–Trinajstić information content (AvgIpc) is 3.27. The normalized spacial score (nSPS) is 18.5. The van der Waals surface area contributed by atoms with Crippen molar-refractivity contribution in [1.82, 2.24) is 24.8 Å². The van der Waals surface area contributed by atoms with E-state index in [1.54, 1.807) is 34.5 Å². The van der Waals surface area contributed by atoms with E-state index in [-0.39, 0.29) is 30.1 Å². The number of hydrogen-bond acceptors (Lipinski definition) is 9. The molecule has 35 heavy (non-hydrogen) atoms. The zero-order valence-electron chi connectivity index (χ0n) is 20.1. The SMILES string of the molecule is C=CC(=O)N1CCC(Oc2ncc(CCNc3nccc(N4C(=O)OCC4C(C)C)n3)cn2)CC1. The summed E-state index contributed by atoms with van der Waals surface area (Å²) in [5.41, 5.74) is 0.940. The van der Waals surface area contributed by atoms with E-state index >= 15 is 0 Å². The summed E-state index contributed by atoms with van der Waals surface area (Å²) in [6, 6.07) is 2.00. The van der Waals surface area contributed by atoms with Gasteiger partial charge < -0.3 is 19.7 Å². The molecule has 0 bridgehead atoms. The largest absolute Gasteiger partial charge is 0.460 e. The third kappa shape index (κ3) is 6.03. The Balaban J connectivity index is 1.25. The third-order valence-corrected chi connectivity index (χ3v) is 6.14. The molecule has 2 amide bonds. The zero-order valence-corrected chi connectivity index (χ0v) is 20.1. The summed E-state index contributed by atoms with van der Waals surface area (Å²) in [5.74, 6) is 1.15. The van der Waals surface area contributed by atoms with Crippen molar-refractivity contribution < 1.29 is 19.1 Å². The second kappa shape index (κ2) is 11.1. The Morgan fingerprint density at radius 2 is 2.03 bits per heavy atom. The number of aromatic nitrogens is 4. The molecule has 2 aromatic heterocycles. The summed E-state index contributed by atoms with van der Waals surface area (Å²) in [4.78, 5) is 44.6. The number of nitrogens with one attached hydrogen (secondary N) is 1. The van der Waals surface area contributed by atoms with Gasteiger partial charge in [-0.05, 0) is 30.0 Å². The van der Waals surface area contributed by atoms with Gasteiger partial charge >= 0.3 is 12.1 Å². The number of ether oxygens (including phenoxy) is 2. The van der Waals surface area contributed by atoms with E-state index in [2.05, 4.69) is 31.8 Å². The number of nitrogens with zero attached hydrogens (tertiary/aromatic N) is 6. The average molecular weight is 482 g/mol. The van der Waals surface area contributed by atoms with E-state index in [4.69, 9.17) is 9.47 Å². The van der Waals surface area contributed by atoms with E-state index in [9.17, 15) is 9.59 Å². The lowest BCUT2D eigenvalue weighted by molar-refractivity contribution is -0.127. The van der Waals surface area contributed by atoms with Gasteiger partial charge in [0.25, 0.3) is 0 Å². The highest BCUT2D eigenvalue weighted by molar-refractivity contribution is 5.89. The fourth-order valence-electron chi connectivity index (χ4n) is 4.08.